The number of hydrogen-bond donors (Lipinski definition) is 2. The molecule has 3 N–H and O–H groups in total. The average molecular weight is 284 g/mol. The van der Waals surface area contributed by atoms with E-state index < -0.39 is 0 Å². The van der Waals surface area contributed by atoms with Crippen molar-refractivity contribution in [3.63, 3.8) is 0 Å². The largest absolute Gasteiger partial charge is 0.271 e. The second kappa shape index (κ2) is 6.41. The minimum Gasteiger partial charge on any atom is -0.271 e. The zero-order chi connectivity index (χ0) is 14.7. The molecule has 4 nitrogen and oxygen atoms in total. The van der Waals surface area contributed by atoms with Crippen LogP contribution < -0.4 is 11.3 Å². The third kappa shape index (κ3) is 3.17. The van der Waals surface area contributed by atoms with E-state index in [2.05, 4.69) is 30.5 Å². The molecule has 112 valence electrons. The Morgan fingerprint density at radius 2 is 2.05 bits per heavy atom. The molecule has 1 saturated carbocycles. The maximum absolute atomic E-state index is 5.83. The predicted octanol–water partition coefficient (Wildman–Crippen LogP) is 3.20. The molecule has 1 aliphatic carbocycles. The Morgan fingerprint density at radius 3 is 2.76 bits per heavy atom. The van der Waals surface area contributed by atoms with Gasteiger partial charge in [0.15, 0.2) is 0 Å². The van der Waals surface area contributed by atoms with Crippen molar-refractivity contribution in [2.45, 2.75) is 38.6 Å². The number of nitrogens with one attached hydrogen (secondary N) is 1. The Morgan fingerprint density at radius 1 is 1.24 bits per heavy atom. The molecule has 0 amide bonds. The van der Waals surface area contributed by atoms with Crippen LogP contribution in [0.15, 0.2) is 42.6 Å². The molecule has 1 aliphatic rings. The van der Waals surface area contributed by atoms with E-state index in [1.54, 1.807) is 0 Å². The first-order valence-corrected chi connectivity index (χ1v) is 7.85. The van der Waals surface area contributed by atoms with Gasteiger partial charge in [-0.05, 0) is 42.9 Å². The van der Waals surface area contributed by atoms with E-state index >= 15 is 0 Å². The van der Waals surface area contributed by atoms with Gasteiger partial charge in [0.05, 0.1) is 17.4 Å². The van der Waals surface area contributed by atoms with Crippen molar-refractivity contribution >= 4 is 0 Å². The molecule has 1 fully saturated rings. The monoisotopic (exact) mass is 284 g/mol. The lowest BCUT2D eigenvalue weighted by Crippen LogP contribution is -2.36. The van der Waals surface area contributed by atoms with Crippen molar-refractivity contribution in [3.05, 3.63) is 48.3 Å². The zero-order valence-corrected chi connectivity index (χ0v) is 12.6. The molecule has 3 rings (SSSR count). The first-order chi connectivity index (χ1) is 10.3. The van der Waals surface area contributed by atoms with Gasteiger partial charge in [0.1, 0.15) is 0 Å². The zero-order valence-electron chi connectivity index (χ0n) is 12.6. The quantitative estimate of drug-likeness (QED) is 0.669. The van der Waals surface area contributed by atoms with Crippen LogP contribution in [-0.4, -0.2) is 9.78 Å². The Hall–Kier alpha value is -1.65. The molecule has 0 bridgehead atoms. The van der Waals surface area contributed by atoms with Gasteiger partial charge in [0.2, 0.25) is 0 Å². The number of aromatic nitrogens is 2. The van der Waals surface area contributed by atoms with E-state index in [0.29, 0.717) is 5.92 Å². The van der Waals surface area contributed by atoms with Gasteiger partial charge in [-0.3, -0.25) is 11.3 Å². The minimum atomic E-state index is 0.151. The summed E-state index contributed by atoms with van der Waals surface area (Å²) in [6, 6.07) is 12.4. The summed E-state index contributed by atoms with van der Waals surface area (Å²) in [7, 11) is 0. The standard InChI is InChI=1S/C17H24N4/c1-13-6-5-7-14(12-13)17(19-18)16-10-11-21(20-16)15-8-3-2-4-9-15/h2-4,8-11,13-14,17,19H,5-7,12,18H2,1H3. The van der Waals surface area contributed by atoms with Gasteiger partial charge >= 0.3 is 0 Å². The Kier molecular flexibility index (Phi) is 4.36. The van der Waals surface area contributed by atoms with Crippen LogP contribution in [0.2, 0.25) is 0 Å². The Balaban J connectivity index is 1.80. The third-order valence-electron chi connectivity index (χ3n) is 4.58. The molecule has 0 spiro atoms. The molecule has 4 heteroatoms. The van der Waals surface area contributed by atoms with Crippen molar-refractivity contribution in [1.29, 1.82) is 0 Å². The van der Waals surface area contributed by atoms with E-state index in [-0.39, 0.29) is 6.04 Å². The second-order valence-electron chi connectivity index (χ2n) is 6.20. The molecule has 0 radical (unpaired) electrons. The Bertz CT molecular complexity index is 563. The van der Waals surface area contributed by atoms with Crippen LogP contribution in [0.4, 0.5) is 0 Å². The molecule has 3 unspecified atom stereocenters. The normalized spacial score (nSPS) is 23.9. The van der Waals surface area contributed by atoms with Gasteiger partial charge in [0, 0.05) is 6.20 Å². The molecular formula is C17H24N4. The summed E-state index contributed by atoms with van der Waals surface area (Å²) in [4.78, 5) is 0. The average Bonchev–Trinajstić information content (AvgIpc) is 2.99. The van der Waals surface area contributed by atoms with Crippen LogP contribution in [0.5, 0.6) is 0 Å². The van der Waals surface area contributed by atoms with E-state index in [9.17, 15) is 0 Å². The van der Waals surface area contributed by atoms with Gasteiger partial charge in [-0.2, -0.15) is 5.10 Å². The molecule has 0 saturated heterocycles. The van der Waals surface area contributed by atoms with Crippen molar-refractivity contribution in [2.24, 2.45) is 17.7 Å². The van der Waals surface area contributed by atoms with Gasteiger partial charge in [-0.25, -0.2) is 4.68 Å². The summed E-state index contributed by atoms with van der Waals surface area (Å²) in [5.41, 5.74) is 5.12. The number of rotatable bonds is 4. The van der Waals surface area contributed by atoms with Gasteiger partial charge < -0.3 is 0 Å². The predicted molar refractivity (Wildman–Crippen MR) is 84.8 cm³/mol. The van der Waals surface area contributed by atoms with Crippen LogP contribution in [0.3, 0.4) is 0 Å². The van der Waals surface area contributed by atoms with Crippen LogP contribution in [0.1, 0.15) is 44.3 Å². The lowest BCUT2D eigenvalue weighted by Gasteiger charge is -2.32. The second-order valence-corrected chi connectivity index (χ2v) is 6.20. The number of nitrogens with zero attached hydrogens (tertiary/aromatic N) is 2. The minimum absolute atomic E-state index is 0.151. The molecule has 0 aliphatic heterocycles. The first kappa shape index (κ1) is 14.3. The van der Waals surface area contributed by atoms with Crippen molar-refractivity contribution < 1.29 is 0 Å². The van der Waals surface area contributed by atoms with Crippen LogP contribution in [-0.2, 0) is 0 Å². The van der Waals surface area contributed by atoms with Crippen molar-refractivity contribution in [1.82, 2.24) is 15.2 Å². The smallest absolute Gasteiger partial charge is 0.0814 e. The number of benzene rings is 1. The summed E-state index contributed by atoms with van der Waals surface area (Å²) in [6.07, 6.45) is 7.11. The van der Waals surface area contributed by atoms with Crippen LogP contribution in [0, 0.1) is 11.8 Å². The fraction of sp³-hybridized carbons (Fsp3) is 0.471. The first-order valence-electron chi connectivity index (χ1n) is 7.85. The van der Waals surface area contributed by atoms with Crippen molar-refractivity contribution in [3.8, 4) is 5.69 Å². The Labute approximate surface area is 126 Å². The summed E-state index contributed by atoms with van der Waals surface area (Å²) in [5.74, 6) is 7.20. The van der Waals surface area contributed by atoms with E-state index in [1.807, 2.05) is 29.1 Å². The van der Waals surface area contributed by atoms with E-state index in [0.717, 1.165) is 17.3 Å². The topological polar surface area (TPSA) is 55.9 Å². The highest BCUT2D eigenvalue weighted by Crippen LogP contribution is 2.36. The van der Waals surface area contributed by atoms with Gasteiger partial charge in [-0.15, -0.1) is 0 Å². The highest BCUT2D eigenvalue weighted by Gasteiger charge is 2.28. The fourth-order valence-corrected chi connectivity index (χ4v) is 3.48. The highest BCUT2D eigenvalue weighted by molar-refractivity contribution is 5.30. The fourth-order valence-electron chi connectivity index (χ4n) is 3.48. The molecular weight excluding hydrogens is 260 g/mol. The summed E-state index contributed by atoms with van der Waals surface area (Å²) >= 11 is 0. The molecule has 1 aromatic heterocycles. The van der Waals surface area contributed by atoms with Crippen LogP contribution in [0.25, 0.3) is 5.69 Å². The molecule has 2 aromatic rings. The van der Waals surface area contributed by atoms with E-state index in [1.165, 1.54) is 25.7 Å². The van der Waals surface area contributed by atoms with Gasteiger partial charge in [0.25, 0.3) is 0 Å². The van der Waals surface area contributed by atoms with E-state index in [4.69, 9.17) is 10.9 Å². The lowest BCUT2D eigenvalue weighted by molar-refractivity contribution is 0.221. The third-order valence-corrected chi connectivity index (χ3v) is 4.58. The molecule has 21 heavy (non-hydrogen) atoms. The maximum atomic E-state index is 5.83. The molecule has 1 heterocycles. The lowest BCUT2D eigenvalue weighted by atomic mass is 9.78. The highest BCUT2D eigenvalue weighted by atomic mass is 15.3. The molecule has 3 atom stereocenters. The van der Waals surface area contributed by atoms with Crippen LogP contribution >= 0.6 is 0 Å². The summed E-state index contributed by atoms with van der Waals surface area (Å²) in [6.45, 7) is 2.34. The number of para-hydroxylation sites is 1. The molecule has 1 aromatic carbocycles. The summed E-state index contributed by atoms with van der Waals surface area (Å²) < 4.78 is 1.92. The van der Waals surface area contributed by atoms with Gasteiger partial charge in [-0.1, -0.05) is 38.0 Å². The summed E-state index contributed by atoms with van der Waals surface area (Å²) in [5, 5.41) is 4.73. The number of hydrazine groups is 1. The maximum Gasteiger partial charge on any atom is 0.0814 e. The number of nitrogens with two attached hydrogens (primary N) is 1. The number of hydrogen-bond acceptors (Lipinski definition) is 3. The van der Waals surface area contributed by atoms with Crippen molar-refractivity contribution in [2.75, 3.05) is 0 Å². The SMILES string of the molecule is CC1CCCC(C(NN)c2ccn(-c3ccccc3)n2)C1.